The molecule has 2 rings (SSSR count). The third-order valence-corrected chi connectivity index (χ3v) is 4.41. The van der Waals surface area contributed by atoms with Crippen molar-refractivity contribution in [3.8, 4) is 0 Å². The highest BCUT2D eigenvalue weighted by Gasteiger charge is 2.25. The number of nitrogens with zero attached hydrogens (tertiary/aromatic N) is 2. The lowest BCUT2D eigenvalue weighted by Crippen LogP contribution is -2.51. The molecular weight excluding hydrogens is 240 g/mol. The second kappa shape index (κ2) is 7.10. The summed E-state index contributed by atoms with van der Waals surface area (Å²) in [5.74, 6) is 0. The molecule has 5 nitrogen and oxygen atoms in total. The molecule has 2 aliphatic rings. The maximum atomic E-state index is 11.1. The van der Waals surface area contributed by atoms with E-state index in [1.54, 1.807) is 4.90 Å². The molecule has 0 bridgehead atoms. The quantitative estimate of drug-likeness (QED) is 0.799. The Morgan fingerprint density at radius 1 is 1.11 bits per heavy atom. The fourth-order valence-electron chi connectivity index (χ4n) is 3.24. The average Bonchev–Trinajstić information content (AvgIpc) is 2.42. The van der Waals surface area contributed by atoms with E-state index in [1.165, 1.54) is 38.9 Å². The minimum Gasteiger partial charge on any atom is -0.351 e. The molecule has 5 heteroatoms. The van der Waals surface area contributed by atoms with Crippen LogP contribution in [0.3, 0.4) is 0 Å². The molecule has 2 aliphatic heterocycles. The Hall–Kier alpha value is -0.810. The fourth-order valence-corrected chi connectivity index (χ4v) is 3.24. The monoisotopic (exact) mass is 268 g/mol. The van der Waals surface area contributed by atoms with E-state index in [2.05, 4.69) is 17.1 Å². The molecule has 2 fully saturated rings. The van der Waals surface area contributed by atoms with Crippen molar-refractivity contribution in [1.29, 1.82) is 0 Å². The number of likely N-dealkylation sites (tertiary alicyclic amines) is 2. The van der Waals surface area contributed by atoms with E-state index in [9.17, 15) is 4.79 Å². The second-order valence-electron chi connectivity index (χ2n) is 5.88. The number of amides is 2. The van der Waals surface area contributed by atoms with E-state index < -0.39 is 0 Å². The van der Waals surface area contributed by atoms with Gasteiger partial charge in [-0.2, -0.15) is 0 Å². The average molecular weight is 268 g/mol. The van der Waals surface area contributed by atoms with Gasteiger partial charge in [-0.25, -0.2) is 4.79 Å². The number of nitrogens with two attached hydrogens (primary N) is 1. The molecule has 3 N–H and O–H groups in total. The maximum absolute atomic E-state index is 11.1. The first-order valence-corrected chi connectivity index (χ1v) is 7.71. The SMILES string of the molecule is CCCN1CCC(NC2CCN(C(N)=O)CC2)CC1. The summed E-state index contributed by atoms with van der Waals surface area (Å²) in [6.07, 6.45) is 5.85. The lowest BCUT2D eigenvalue weighted by Gasteiger charge is -2.37. The van der Waals surface area contributed by atoms with Gasteiger partial charge in [0.2, 0.25) is 0 Å². The number of urea groups is 1. The van der Waals surface area contributed by atoms with Gasteiger partial charge in [-0.1, -0.05) is 6.92 Å². The van der Waals surface area contributed by atoms with E-state index >= 15 is 0 Å². The molecule has 0 unspecified atom stereocenters. The first kappa shape index (κ1) is 14.6. The molecule has 0 spiro atoms. The van der Waals surface area contributed by atoms with Crippen LogP contribution in [-0.4, -0.2) is 60.6 Å². The highest BCUT2D eigenvalue weighted by atomic mass is 16.2. The second-order valence-corrected chi connectivity index (χ2v) is 5.88. The Morgan fingerprint density at radius 3 is 2.11 bits per heavy atom. The van der Waals surface area contributed by atoms with E-state index in [1.807, 2.05) is 0 Å². The molecule has 0 aromatic rings. The zero-order chi connectivity index (χ0) is 13.7. The van der Waals surface area contributed by atoms with Crippen molar-refractivity contribution in [2.24, 2.45) is 5.73 Å². The summed E-state index contributed by atoms with van der Waals surface area (Å²) in [4.78, 5) is 15.4. The normalized spacial score (nSPS) is 23.7. The standard InChI is InChI=1S/C14H28N4O/c1-2-7-17-8-3-12(4-9-17)16-13-5-10-18(11-6-13)14(15)19/h12-13,16H,2-11H2,1H3,(H2,15,19). The van der Waals surface area contributed by atoms with Crippen LogP contribution in [0, 0.1) is 0 Å². The number of piperidine rings is 2. The molecule has 0 radical (unpaired) electrons. The van der Waals surface area contributed by atoms with Gasteiger partial charge in [0.15, 0.2) is 0 Å². The molecular formula is C14H28N4O. The predicted molar refractivity (Wildman–Crippen MR) is 77.1 cm³/mol. The van der Waals surface area contributed by atoms with Crippen LogP contribution in [0.5, 0.6) is 0 Å². The maximum Gasteiger partial charge on any atom is 0.314 e. The summed E-state index contributed by atoms with van der Waals surface area (Å²) in [7, 11) is 0. The van der Waals surface area contributed by atoms with Crippen molar-refractivity contribution >= 4 is 6.03 Å². The lowest BCUT2D eigenvalue weighted by molar-refractivity contribution is 0.163. The van der Waals surface area contributed by atoms with Crippen molar-refractivity contribution in [1.82, 2.24) is 15.1 Å². The van der Waals surface area contributed by atoms with Gasteiger partial charge in [0.25, 0.3) is 0 Å². The lowest BCUT2D eigenvalue weighted by atomic mass is 9.99. The molecule has 0 aliphatic carbocycles. The van der Waals surface area contributed by atoms with Crippen LogP contribution < -0.4 is 11.1 Å². The first-order valence-electron chi connectivity index (χ1n) is 7.71. The Kier molecular flexibility index (Phi) is 5.45. The van der Waals surface area contributed by atoms with Crippen molar-refractivity contribution in [3.05, 3.63) is 0 Å². The molecule has 19 heavy (non-hydrogen) atoms. The number of hydrogen-bond acceptors (Lipinski definition) is 3. The molecule has 2 saturated heterocycles. The van der Waals surface area contributed by atoms with Gasteiger partial charge in [0, 0.05) is 25.2 Å². The Labute approximate surface area is 116 Å². The molecule has 0 saturated carbocycles. The molecule has 2 amide bonds. The van der Waals surface area contributed by atoms with Gasteiger partial charge in [0.1, 0.15) is 0 Å². The topological polar surface area (TPSA) is 61.6 Å². The van der Waals surface area contributed by atoms with Crippen LogP contribution in [0.25, 0.3) is 0 Å². The molecule has 0 aromatic heterocycles. The number of primary amides is 1. The van der Waals surface area contributed by atoms with Crippen LogP contribution >= 0.6 is 0 Å². The van der Waals surface area contributed by atoms with Crippen molar-refractivity contribution in [2.45, 2.75) is 51.1 Å². The van der Waals surface area contributed by atoms with Crippen molar-refractivity contribution in [3.63, 3.8) is 0 Å². The molecule has 2 heterocycles. The Morgan fingerprint density at radius 2 is 1.63 bits per heavy atom. The predicted octanol–water partition coefficient (Wildman–Crippen LogP) is 0.994. The van der Waals surface area contributed by atoms with Crippen molar-refractivity contribution < 1.29 is 4.79 Å². The molecule has 0 aromatic carbocycles. The summed E-state index contributed by atoms with van der Waals surface area (Å²) < 4.78 is 0. The van der Waals surface area contributed by atoms with Gasteiger partial charge in [-0.15, -0.1) is 0 Å². The third kappa shape index (κ3) is 4.35. The minimum absolute atomic E-state index is 0.272. The molecule has 0 atom stereocenters. The van der Waals surface area contributed by atoms with Gasteiger partial charge < -0.3 is 20.9 Å². The first-order chi connectivity index (χ1) is 9.19. The zero-order valence-electron chi connectivity index (χ0n) is 12.1. The highest BCUT2D eigenvalue weighted by molar-refractivity contribution is 5.72. The zero-order valence-corrected chi connectivity index (χ0v) is 12.1. The largest absolute Gasteiger partial charge is 0.351 e. The van der Waals surface area contributed by atoms with E-state index in [-0.39, 0.29) is 6.03 Å². The van der Waals surface area contributed by atoms with E-state index in [4.69, 9.17) is 5.73 Å². The smallest absolute Gasteiger partial charge is 0.314 e. The third-order valence-electron chi connectivity index (χ3n) is 4.41. The fraction of sp³-hybridized carbons (Fsp3) is 0.929. The number of rotatable bonds is 4. The summed E-state index contributed by atoms with van der Waals surface area (Å²) in [5.41, 5.74) is 5.30. The Balaban J connectivity index is 1.65. The van der Waals surface area contributed by atoms with Crippen LogP contribution in [0.4, 0.5) is 4.79 Å². The summed E-state index contributed by atoms with van der Waals surface area (Å²) in [6.45, 7) is 7.56. The van der Waals surface area contributed by atoms with E-state index in [0.717, 1.165) is 25.9 Å². The number of hydrogen-bond donors (Lipinski definition) is 2. The van der Waals surface area contributed by atoms with Gasteiger partial charge in [-0.05, 0) is 51.7 Å². The summed E-state index contributed by atoms with van der Waals surface area (Å²) in [5, 5.41) is 3.77. The Bertz CT molecular complexity index is 281. The van der Waals surface area contributed by atoms with Gasteiger partial charge >= 0.3 is 6.03 Å². The van der Waals surface area contributed by atoms with Gasteiger partial charge in [0.05, 0.1) is 0 Å². The number of carbonyl (C=O) groups is 1. The number of nitrogens with one attached hydrogen (secondary N) is 1. The number of carbonyl (C=O) groups excluding carboxylic acids is 1. The van der Waals surface area contributed by atoms with Crippen molar-refractivity contribution in [2.75, 3.05) is 32.7 Å². The van der Waals surface area contributed by atoms with Crippen LogP contribution in [-0.2, 0) is 0 Å². The van der Waals surface area contributed by atoms with Gasteiger partial charge in [-0.3, -0.25) is 0 Å². The molecule has 110 valence electrons. The van der Waals surface area contributed by atoms with Crippen LogP contribution in [0.15, 0.2) is 0 Å². The van der Waals surface area contributed by atoms with E-state index in [0.29, 0.717) is 12.1 Å². The summed E-state index contributed by atoms with van der Waals surface area (Å²) in [6, 6.07) is 0.961. The summed E-state index contributed by atoms with van der Waals surface area (Å²) >= 11 is 0. The highest BCUT2D eigenvalue weighted by Crippen LogP contribution is 2.15. The van der Waals surface area contributed by atoms with Crippen LogP contribution in [0.2, 0.25) is 0 Å². The van der Waals surface area contributed by atoms with Crippen LogP contribution in [0.1, 0.15) is 39.0 Å². The minimum atomic E-state index is -0.272.